The van der Waals surface area contributed by atoms with Crippen LogP contribution in [-0.4, -0.2) is 6.61 Å². The zero-order valence-corrected chi connectivity index (χ0v) is 32.6. The highest BCUT2D eigenvalue weighted by atomic mass is 16.5. The van der Waals surface area contributed by atoms with Crippen LogP contribution in [0.5, 0.6) is 0 Å². The monoisotopic (exact) mass is 752 g/mol. The second-order valence-electron chi connectivity index (χ2n) is 15.4. The highest BCUT2D eigenvalue weighted by molar-refractivity contribution is 6.21. The third-order valence-corrected chi connectivity index (χ3v) is 12.0. The van der Waals surface area contributed by atoms with E-state index in [-0.39, 0.29) is 0 Å². The van der Waals surface area contributed by atoms with Gasteiger partial charge in [-0.1, -0.05) is 212 Å². The standard InChI is InChI=1S/C58H40O/c1-3-16-41(17-4-1)57-50-34-33-45(37-46(50)35-36-59-58(57)43-18-5-2-6-19-43)44-21-13-22-47(38-44)56-53-26-11-9-24-51(53)55(52-25-10-12-27-54(52)56)42-31-29-40(30-32-42)49-28-14-20-39-15-7-8-23-48(39)49/h1-34,37-38H,35-36H2. The molecule has 0 bridgehead atoms. The summed E-state index contributed by atoms with van der Waals surface area (Å²) in [5, 5.41) is 7.54. The quantitative estimate of drug-likeness (QED) is 0.154. The maximum atomic E-state index is 6.61. The number of ether oxygens (including phenoxy) is 1. The van der Waals surface area contributed by atoms with E-state index in [9.17, 15) is 0 Å². The van der Waals surface area contributed by atoms with Crippen molar-refractivity contribution < 1.29 is 4.74 Å². The molecule has 0 radical (unpaired) electrons. The first-order valence-electron chi connectivity index (χ1n) is 20.5. The fourth-order valence-corrected chi connectivity index (χ4v) is 9.29. The summed E-state index contributed by atoms with van der Waals surface area (Å²) in [7, 11) is 0. The molecule has 10 aromatic rings. The third-order valence-electron chi connectivity index (χ3n) is 12.0. The molecular formula is C58H40O. The minimum atomic E-state index is 0.618. The molecule has 278 valence electrons. The van der Waals surface area contributed by atoms with Crippen molar-refractivity contribution in [2.75, 3.05) is 6.61 Å². The molecule has 0 saturated carbocycles. The Balaban J connectivity index is 1.02. The first kappa shape index (κ1) is 34.7. The van der Waals surface area contributed by atoms with E-state index in [1.165, 1.54) is 88.0 Å². The van der Waals surface area contributed by atoms with Crippen LogP contribution in [0.1, 0.15) is 22.3 Å². The summed E-state index contributed by atoms with van der Waals surface area (Å²) in [4.78, 5) is 0. The van der Waals surface area contributed by atoms with E-state index in [1.54, 1.807) is 0 Å². The number of hydrogen-bond acceptors (Lipinski definition) is 1. The van der Waals surface area contributed by atoms with Gasteiger partial charge in [0.05, 0.1) is 6.61 Å². The van der Waals surface area contributed by atoms with Gasteiger partial charge in [0.1, 0.15) is 5.76 Å². The lowest BCUT2D eigenvalue weighted by Crippen LogP contribution is -1.97. The molecule has 1 aliphatic heterocycles. The molecule has 1 heterocycles. The van der Waals surface area contributed by atoms with Crippen LogP contribution in [0.25, 0.3) is 88.2 Å². The second kappa shape index (κ2) is 14.8. The second-order valence-corrected chi connectivity index (χ2v) is 15.4. The van der Waals surface area contributed by atoms with Gasteiger partial charge in [0, 0.05) is 17.6 Å². The Morgan fingerprint density at radius 3 is 1.49 bits per heavy atom. The maximum absolute atomic E-state index is 6.61. The van der Waals surface area contributed by atoms with Crippen molar-refractivity contribution in [2.45, 2.75) is 6.42 Å². The zero-order valence-electron chi connectivity index (χ0n) is 32.6. The Bertz CT molecular complexity index is 3150. The van der Waals surface area contributed by atoms with Gasteiger partial charge in [-0.15, -0.1) is 0 Å². The molecule has 0 aliphatic carbocycles. The molecule has 0 fully saturated rings. The minimum absolute atomic E-state index is 0.618. The third kappa shape index (κ3) is 6.20. The van der Waals surface area contributed by atoms with Crippen molar-refractivity contribution in [3.63, 3.8) is 0 Å². The van der Waals surface area contributed by atoms with Gasteiger partial charge in [-0.25, -0.2) is 0 Å². The van der Waals surface area contributed by atoms with Crippen molar-refractivity contribution in [2.24, 2.45) is 0 Å². The summed E-state index contributed by atoms with van der Waals surface area (Å²) in [5.41, 5.74) is 15.8. The molecule has 0 spiro atoms. The Morgan fingerprint density at radius 1 is 0.305 bits per heavy atom. The molecule has 1 aliphatic rings. The normalized spacial score (nSPS) is 12.7. The number of fused-ring (bicyclic) bond motifs is 4. The van der Waals surface area contributed by atoms with Crippen LogP contribution >= 0.6 is 0 Å². The van der Waals surface area contributed by atoms with Crippen molar-refractivity contribution in [1.82, 2.24) is 0 Å². The van der Waals surface area contributed by atoms with Crippen LogP contribution < -0.4 is 0 Å². The lowest BCUT2D eigenvalue weighted by atomic mass is 9.84. The van der Waals surface area contributed by atoms with Gasteiger partial charge in [-0.3, -0.25) is 0 Å². The van der Waals surface area contributed by atoms with Crippen molar-refractivity contribution in [3.05, 3.63) is 241 Å². The largest absolute Gasteiger partial charge is 0.492 e. The Labute approximate surface area is 345 Å². The predicted octanol–water partition coefficient (Wildman–Crippen LogP) is 15.3. The average Bonchev–Trinajstić information content (AvgIpc) is 3.51. The number of hydrogen-bond donors (Lipinski definition) is 0. The molecule has 0 N–H and O–H groups in total. The predicted molar refractivity (Wildman–Crippen MR) is 249 cm³/mol. The minimum Gasteiger partial charge on any atom is -0.492 e. The van der Waals surface area contributed by atoms with E-state index < -0.39 is 0 Å². The molecule has 0 aromatic heterocycles. The summed E-state index contributed by atoms with van der Waals surface area (Å²) in [6.07, 6.45) is 0.829. The molecule has 10 aromatic carbocycles. The smallest absolute Gasteiger partial charge is 0.134 e. The van der Waals surface area contributed by atoms with Gasteiger partial charge in [-0.2, -0.15) is 0 Å². The fourth-order valence-electron chi connectivity index (χ4n) is 9.29. The summed E-state index contributed by atoms with van der Waals surface area (Å²) in [6.45, 7) is 0.618. The summed E-state index contributed by atoms with van der Waals surface area (Å²) < 4.78 is 6.61. The van der Waals surface area contributed by atoms with E-state index >= 15 is 0 Å². The summed E-state index contributed by atoms with van der Waals surface area (Å²) in [6, 6.07) is 79.5. The lowest BCUT2D eigenvalue weighted by molar-refractivity contribution is 0.284. The lowest BCUT2D eigenvalue weighted by Gasteiger charge is -2.19. The summed E-state index contributed by atoms with van der Waals surface area (Å²) in [5.74, 6) is 0.938. The van der Waals surface area contributed by atoms with E-state index in [4.69, 9.17) is 4.74 Å². The summed E-state index contributed by atoms with van der Waals surface area (Å²) >= 11 is 0. The molecule has 0 saturated heterocycles. The van der Waals surface area contributed by atoms with Crippen LogP contribution in [0.2, 0.25) is 0 Å². The molecule has 0 unspecified atom stereocenters. The van der Waals surface area contributed by atoms with Crippen molar-refractivity contribution in [3.8, 4) is 44.5 Å². The maximum Gasteiger partial charge on any atom is 0.134 e. The Morgan fingerprint density at radius 2 is 0.797 bits per heavy atom. The molecule has 11 rings (SSSR count). The Kier molecular flexibility index (Phi) is 8.71. The van der Waals surface area contributed by atoms with Crippen LogP contribution in [0.4, 0.5) is 0 Å². The fraction of sp³-hybridized carbons (Fsp3) is 0.0345. The van der Waals surface area contributed by atoms with Crippen LogP contribution in [0, 0.1) is 0 Å². The zero-order chi connectivity index (χ0) is 39.1. The first-order valence-corrected chi connectivity index (χ1v) is 20.5. The van der Waals surface area contributed by atoms with Gasteiger partial charge < -0.3 is 4.74 Å². The van der Waals surface area contributed by atoms with Crippen molar-refractivity contribution in [1.29, 1.82) is 0 Å². The van der Waals surface area contributed by atoms with Gasteiger partial charge >= 0.3 is 0 Å². The SMILES string of the molecule is c1ccc(C2=C(c3ccccc3)c3ccc(-c4cccc(-c5c6ccccc6c(-c6ccc(-c7cccc8ccccc78)cc6)c6ccccc56)c4)cc3CCO2)cc1. The van der Waals surface area contributed by atoms with Crippen LogP contribution in [0.15, 0.2) is 218 Å². The van der Waals surface area contributed by atoms with Gasteiger partial charge in [-0.05, 0) is 99.6 Å². The van der Waals surface area contributed by atoms with Gasteiger partial charge in [0.15, 0.2) is 0 Å². The molecule has 0 amide bonds. The molecule has 1 nitrogen and oxygen atoms in total. The van der Waals surface area contributed by atoms with E-state index in [2.05, 4.69) is 218 Å². The molecule has 1 heteroatoms. The van der Waals surface area contributed by atoms with Gasteiger partial charge in [0.2, 0.25) is 0 Å². The van der Waals surface area contributed by atoms with E-state index in [1.807, 2.05) is 0 Å². The van der Waals surface area contributed by atoms with E-state index in [0.717, 1.165) is 28.9 Å². The first-order chi connectivity index (χ1) is 29.3. The van der Waals surface area contributed by atoms with Crippen LogP contribution in [-0.2, 0) is 11.2 Å². The highest BCUT2D eigenvalue weighted by Gasteiger charge is 2.23. The van der Waals surface area contributed by atoms with Crippen molar-refractivity contribution >= 4 is 43.6 Å². The average molecular weight is 753 g/mol. The Hall–Kier alpha value is -7.48. The van der Waals surface area contributed by atoms with Crippen LogP contribution in [0.3, 0.4) is 0 Å². The molecule has 59 heavy (non-hydrogen) atoms. The molecular weight excluding hydrogens is 713 g/mol. The highest BCUT2D eigenvalue weighted by Crippen LogP contribution is 2.45. The number of benzene rings is 10. The van der Waals surface area contributed by atoms with Gasteiger partial charge in [0.25, 0.3) is 0 Å². The number of rotatable bonds is 6. The topological polar surface area (TPSA) is 9.23 Å². The van der Waals surface area contributed by atoms with E-state index in [0.29, 0.717) is 6.61 Å². The molecule has 0 atom stereocenters.